The lowest BCUT2D eigenvalue weighted by molar-refractivity contribution is -0.138. The molecule has 0 bridgehead atoms. The summed E-state index contributed by atoms with van der Waals surface area (Å²) >= 11 is 0. The van der Waals surface area contributed by atoms with Gasteiger partial charge >= 0.3 is 5.97 Å². The molecular weight excluding hydrogens is 186 g/mol. The minimum Gasteiger partial charge on any atom is -0.504 e. The van der Waals surface area contributed by atoms with Crippen LogP contribution in [0.5, 0.6) is 11.5 Å². The quantitative estimate of drug-likeness (QED) is 0.516. The number of hydrogen-bond acceptors (Lipinski definition) is 4. The summed E-state index contributed by atoms with van der Waals surface area (Å²) in [5.74, 6) is -2.94. The molecule has 0 fully saturated rings. The third kappa shape index (κ3) is 2.37. The maximum Gasteiger partial charge on any atom is 0.320 e. The zero-order valence-corrected chi connectivity index (χ0v) is 7.06. The third-order valence-electron chi connectivity index (χ3n) is 1.48. The molecule has 0 aliphatic heterocycles. The Morgan fingerprint density at radius 3 is 2.71 bits per heavy atom. The Balaban J connectivity index is 3.30. The number of phenolic OH excluding ortho intramolecular Hbond substituents is 2. The molecule has 5 N–H and O–H groups in total. The van der Waals surface area contributed by atoms with Gasteiger partial charge in [0.15, 0.2) is 11.5 Å². The first-order chi connectivity index (χ1) is 7.60. The van der Waals surface area contributed by atoms with Crippen molar-refractivity contribution < 1.29 is 24.2 Å². The smallest absolute Gasteiger partial charge is 0.320 e. The topological polar surface area (TPSA) is 104 Å². The SMILES string of the molecule is [2H]C([2H])(c1ccc(O)c(O)c1)[C@]([2H])(N)C(=O)O. The molecule has 5 heteroatoms. The predicted molar refractivity (Wildman–Crippen MR) is 49.1 cm³/mol. The summed E-state index contributed by atoms with van der Waals surface area (Å²) in [7, 11) is 0. The summed E-state index contributed by atoms with van der Waals surface area (Å²) in [5, 5.41) is 27.0. The summed E-state index contributed by atoms with van der Waals surface area (Å²) in [4.78, 5) is 10.7. The van der Waals surface area contributed by atoms with Crippen molar-refractivity contribution in [3.63, 3.8) is 0 Å². The highest BCUT2D eigenvalue weighted by atomic mass is 16.4. The Labute approximate surface area is 84.6 Å². The van der Waals surface area contributed by atoms with E-state index < -0.39 is 29.9 Å². The lowest BCUT2D eigenvalue weighted by Crippen LogP contribution is -2.32. The number of hydrogen-bond donors (Lipinski definition) is 4. The van der Waals surface area contributed by atoms with Gasteiger partial charge in [-0.15, -0.1) is 0 Å². The molecule has 0 spiro atoms. The van der Waals surface area contributed by atoms with Gasteiger partial charge in [-0.1, -0.05) is 6.07 Å². The van der Waals surface area contributed by atoms with E-state index in [-0.39, 0.29) is 5.56 Å². The molecule has 0 unspecified atom stereocenters. The van der Waals surface area contributed by atoms with Crippen LogP contribution in [-0.2, 0) is 11.2 Å². The summed E-state index contributed by atoms with van der Waals surface area (Å²) < 4.78 is 22.4. The van der Waals surface area contributed by atoms with Crippen LogP contribution in [0.25, 0.3) is 0 Å². The van der Waals surface area contributed by atoms with Crippen LogP contribution in [0.1, 0.15) is 9.68 Å². The predicted octanol–water partition coefficient (Wildman–Crippen LogP) is 0.0522. The second-order valence-corrected chi connectivity index (χ2v) is 2.55. The van der Waals surface area contributed by atoms with Crippen molar-refractivity contribution in [1.82, 2.24) is 0 Å². The van der Waals surface area contributed by atoms with Crippen molar-refractivity contribution in [3.8, 4) is 11.5 Å². The normalized spacial score (nSPS) is 18.8. The van der Waals surface area contributed by atoms with Gasteiger partial charge in [-0.2, -0.15) is 0 Å². The molecule has 0 radical (unpaired) electrons. The zero-order valence-electron chi connectivity index (χ0n) is 10.1. The fourth-order valence-electron chi connectivity index (χ4n) is 0.810. The standard InChI is InChI=1S/C9H11NO4/c10-6(9(13)14)3-5-1-2-7(11)8(12)4-5/h1-2,4,6,11-12H,3,10H2,(H,13,14)/t6-/m0/s1/i3D2,6D. The molecule has 76 valence electrons. The number of benzene rings is 1. The maximum atomic E-state index is 10.7. The summed E-state index contributed by atoms with van der Waals surface area (Å²) in [6.45, 7) is 0. The lowest BCUT2D eigenvalue weighted by atomic mass is 10.1. The molecule has 0 amide bonds. The Kier molecular flexibility index (Phi) is 1.89. The van der Waals surface area contributed by atoms with Gasteiger partial charge in [-0.05, 0) is 24.1 Å². The van der Waals surface area contributed by atoms with Crippen molar-refractivity contribution in [1.29, 1.82) is 0 Å². The Morgan fingerprint density at radius 1 is 1.57 bits per heavy atom. The van der Waals surface area contributed by atoms with Gasteiger partial charge in [0, 0.05) is 2.74 Å². The largest absolute Gasteiger partial charge is 0.504 e. The van der Waals surface area contributed by atoms with Crippen LogP contribution in [0.3, 0.4) is 0 Å². The molecule has 0 saturated carbocycles. The Bertz CT molecular complexity index is 462. The van der Waals surface area contributed by atoms with E-state index in [1.165, 1.54) is 0 Å². The number of carboxylic acids is 1. The third-order valence-corrected chi connectivity index (χ3v) is 1.48. The zero-order chi connectivity index (χ0) is 13.4. The summed E-state index contributed by atoms with van der Waals surface area (Å²) in [6, 6.07) is -0.0423. The lowest BCUT2D eigenvalue weighted by Gasteiger charge is -2.06. The van der Waals surface area contributed by atoms with E-state index in [1.54, 1.807) is 0 Å². The summed E-state index contributed by atoms with van der Waals surface area (Å²) in [6.07, 6.45) is -2.73. The molecule has 0 aliphatic rings. The average Bonchev–Trinajstić information content (AvgIpc) is 2.21. The van der Waals surface area contributed by atoms with E-state index >= 15 is 0 Å². The molecule has 1 rings (SSSR count). The van der Waals surface area contributed by atoms with Crippen LogP contribution in [0.15, 0.2) is 18.2 Å². The van der Waals surface area contributed by atoms with Crippen LogP contribution in [0.2, 0.25) is 0 Å². The van der Waals surface area contributed by atoms with Crippen molar-refractivity contribution in [2.45, 2.75) is 12.4 Å². The maximum absolute atomic E-state index is 10.7. The minimum atomic E-state index is -2.91. The van der Waals surface area contributed by atoms with Gasteiger partial charge in [0.1, 0.15) is 6.02 Å². The first-order valence-electron chi connectivity index (χ1n) is 5.15. The number of rotatable bonds is 3. The van der Waals surface area contributed by atoms with Gasteiger partial charge in [0.05, 0.1) is 1.37 Å². The van der Waals surface area contributed by atoms with E-state index in [4.69, 9.17) is 20.1 Å². The second-order valence-electron chi connectivity index (χ2n) is 2.55. The van der Waals surface area contributed by atoms with Crippen molar-refractivity contribution in [2.75, 3.05) is 0 Å². The van der Waals surface area contributed by atoms with Crippen LogP contribution >= 0.6 is 0 Å². The molecule has 1 aromatic carbocycles. The van der Waals surface area contributed by atoms with E-state index in [1.807, 2.05) is 0 Å². The first kappa shape index (κ1) is 6.67. The average molecular weight is 200 g/mol. The molecule has 5 nitrogen and oxygen atoms in total. The Hall–Kier alpha value is -1.75. The van der Waals surface area contributed by atoms with E-state index in [0.717, 1.165) is 18.2 Å². The van der Waals surface area contributed by atoms with Gasteiger partial charge < -0.3 is 21.1 Å². The first-order valence-corrected chi connectivity index (χ1v) is 3.65. The number of phenols is 2. The molecule has 0 heterocycles. The molecule has 1 aromatic rings. The minimum absolute atomic E-state index is 0.312. The molecule has 0 saturated heterocycles. The highest BCUT2D eigenvalue weighted by molar-refractivity contribution is 5.73. The van der Waals surface area contributed by atoms with Crippen molar-refractivity contribution in [3.05, 3.63) is 23.8 Å². The molecular formula is C9H11NO4. The summed E-state index contributed by atoms with van der Waals surface area (Å²) in [5.41, 5.74) is 4.79. The Morgan fingerprint density at radius 2 is 2.21 bits per heavy atom. The fraction of sp³-hybridized carbons (Fsp3) is 0.222. The number of carboxylic acid groups (broad SMARTS) is 1. The van der Waals surface area contributed by atoms with Crippen LogP contribution in [0, 0.1) is 0 Å². The van der Waals surface area contributed by atoms with Crippen LogP contribution in [-0.4, -0.2) is 27.3 Å². The number of nitrogens with two attached hydrogens (primary N) is 1. The van der Waals surface area contributed by atoms with Gasteiger partial charge in [-0.3, -0.25) is 4.79 Å². The van der Waals surface area contributed by atoms with Crippen LogP contribution in [0.4, 0.5) is 0 Å². The van der Waals surface area contributed by atoms with Gasteiger partial charge in [-0.25, -0.2) is 0 Å². The highest BCUT2D eigenvalue weighted by Gasteiger charge is 2.12. The number of aromatic hydroxyl groups is 2. The molecule has 14 heavy (non-hydrogen) atoms. The van der Waals surface area contributed by atoms with Gasteiger partial charge in [0.2, 0.25) is 0 Å². The molecule has 0 aromatic heterocycles. The number of carbonyl (C=O) groups is 1. The molecule has 0 aliphatic carbocycles. The van der Waals surface area contributed by atoms with E-state index in [9.17, 15) is 9.90 Å². The van der Waals surface area contributed by atoms with E-state index in [0.29, 0.717) is 0 Å². The fourth-order valence-corrected chi connectivity index (χ4v) is 0.810. The number of aliphatic carboxylic acids is 1. The highest BCUT2D eigenvalue weighted by Crippen LogP contribution is 2.25. The monoisotopic (exact) mass is 200 g/mol. The van der Waals surface area contributed by atoms with E-state index in [2.05, 4.69) is 0 Å². The molecule has 1 atom stereocenters. The van der Waals surface area contributed by atoms with Crippen molar-refractivity contribution in [2.24, 2.45) is 5.73 Å². The van der Waals surface area contributed by atoms with Crippen molar-refractivity contribution >= 4 is 5.97 Å². The second kappa shape index (κ2) is 3.97. The van der Waals surface area contributed by atoms with Gasteiger partial charge in [0.25, 0.3) is 0 Å². The van der Waals surface area contributed by atoms with Crippen LogP contribution < -0.4 is 5.73 Å².